The maximum Gasteiger partial charge on any atom is 0.133 e. The Kier molecular flexibility index (Phi) is 3.41. The zero-order valence-corrected chi connectivity index (χ0v) is 8.60. The normalized spacial score (nSPS) is 20.1. The molecule has 0 saturated heterocycles. The van der Waals surface area contributed by atoms with Crippen LogP contribution in [-0.2, 0) is 0 Å². The van der Waals surface area contributed by atoms with E-state index in [1.54, 1.807) is 12.1 Å². The fourth-order valence-electron chi connectivity index (χ4n) is 1.60. The molecular formula is C11H17NO3. The maximum absolute atomic E-state index is 9.64. The molecule has 1 heterocycles. The van der Waals surface area contributed by atoms with Crippen molar-refractivity contribution >= 4 is 0 Å². The Labute approximate surface area is 88.9 Å². The Balaban J connectivity index is 1.64. The van der Waals surface area contributed by atoms with Crippen LogP contribution in [-0.4, -0.2) is 29.4 Å². The lowest BCUT2D eigenvalue weighted by Crippen LogP contribution is -2.31. The van der Waals surface area contributed by atoms with Gasteiger partial charge in [-0.25, -0.2) is 0 Å². The van der Waals surface area contributed by atoms with Gasteiger partial charge in [0.15, 0.2) is 0 Å². The zero-order valence-electron chi connectivity index (χ0n) is 8.60. The van der Waals surface area contributed by atoms with Gasteiger partial charge in [-0.2, -0.15) is 0 Å². The van der Waals surface area contributed by atoms with Crippen molar-refractivity contribution in [1.29, 1.82) is 0 Å². The van der Waals surface area contributed by atoms with Gasteiger partial charge in [0, 0.05) is 13.1 Å². The molecule has 1 aromatic heterocycles. The van der Waals surface area contributed by atoms with E-state index in [-0.39, 0.29) is 6.10 Å². The number of nitrogens with one attached hydrogen (secondary N) is 1. The fraction of sp³-hybridized carbons (Fsp3) is 0.636. The highest BCUT2D eigenvalue weighted by molar-refractivity contribution is 5.02. The van der Waals surface area contributed by atoms with Gasteiger partial charge < -0.3 is 19.9 Å². The van der Waals surface area contributed by atoms with Gasteiger partial charge in [0.05, 0.1) is 12.4 Å². The Morgan fingerprint density at radius 3 is 2.80 bits per heavy atom. The summed E-state index contributed by atoms with van der Waals surface area (Å²) >= 11 is 0. The summed E-state index contributed by atoms with van der Waals surface area (Å²) in [6, 6.07) is 3.49. The Hall–Kier alpha value is -0.840. The Bertz CT molecular complexity index is 282. The van der Waals surface area contributed by atoms with Gasteiger partial charge in [0.2, 0.25) is 0 Å². The van der Waals surface area contributed by atoms with Crippen LogP contribution >= 0.6 is 0 Å². The van der Waals surface area contributed by atoms with Gasteiger partial charge in [-0.1, -0.05) is 0 Å². The first-order chi connectivity index (χ1) is 7.27. The molecule has 1 aliphatic carbocycles. The molecule has 0 aliphatic heterocycles. The quantitative estimate of drug-likeness (QED) is 0.647. The summed E-state index contributed by atoms with van der Waals surface area (Å²) in [6.45, 7) is 0.958. The summed E-state index contributed by atoms with van der Waals surface area (Å²) in [5, 5.41) is 22.2. The summed E-state index contributed by atoms with van der Waals surface area (Å²) in [4.78, 5) is 0. The van der Waals surface area contributed by atoms with Crippen molar-refractivity contribution in [3.8, 4) is 0 Å². The summed E-state index contributed by atoms with van der Waals surface area (Å²) in [5.74, 6) is 1.03. The molecule has 1 aliphatic rings. The SMILES string of the molecule is OC(CNCC(O)C1CC1)c1ccco1. The monoisotopic (exact) mass is 211 g/mol. The Morgan fingerprint density at radius 1 is 1.40 bits per heavy atom. The molecule has 1 aromatic rings. The van der Waals surface area contributed by atoms with E-state index < -0.39 is 6.10 Å². The van der Waals surface area contributed by atoms with Crippen molar-refractivity contribution in [1.82, 2.24) is 5.32 Å². The lowest BCUT2D eigenvalue weighted by molar-refractivity contribution is 0.122. The highest BCUT2D eigenvalue weighted by Gasteiger charge is 2.29. The topological polar surface area (TPSA) is 65.6 Å². The van der Waals surface area contributed by atoms with Crippen molar-refractivity contribution < 1.29 is 14.6 Å². The van der Waals surface area contributed by atoms with Crippen LogP contribution in [0, 0.1) is 5.92 Å². The highest BCUT2D eigenvalue weighted by Crippen LogP contribution is 2.32. The number of rotatable bonds is 6. The minimum Gasteiger partial charge on any atom is -0.467 e. The summed E-state index contributed by atoms with van der Waals surface area (Å²) in [6.07, 6.45) is 2.89. The second-order valence-corrected chi connectivity index (χ2v) is 4.09. The minimum atomic E-state index is -0.633. The molecule has 84 valence electrons. The second kappa shape index (κ2) is 4.79. The van der Waals surface area contributed by atoms with Crippen LogP contribution in [0.1, 0.15) is 24.7 Å². The first-order valence-corrected chi connectivity index (χ1v) is 5.37. The average Bonchev–Trinajstić information content (AvgIpc) is 2.93. The van der Waals surface area contributed by atoms with E-state index in [1.165, 1.54) is 6.26 Å². The number of aliphatic hydroxyl groups is 2. The third kappa shape index (κ3) is 3.06. The largest absolute Gasteiger partial charge is 0.467 e. The molecule has 0 bridgehead atoms. The van der Waals surface area contributed by atoms with Crippen molar-refractivity contribution in [2.45, 2.75) is 25.0 Å². The van der Waals surface area contributed by atoms with Crippen molar-refractivity contribution in [2.24, 2.45) is 5.92 Å². The zero-order chi connectivity index (χ0) is 10.7. The fourth-order valence-corrected chi connectivity index (χ4v) is 1.60. The molecule has 4 heteroatoms. The summed E-state index contributed by atoms with van der Waals surface area (Å²) in [7, 11) is 0. The van der Waals surface area contributed by atoms with E-state index in [0.717, 1.165) is 12.8 Å². The molecule has 15 heavy (non-hydrogen) atoms. The first-order valence-electron chi connectivity index (χ1n) is 5.37. The lowest BCUT2D eigenvalue weighted by Gasteiger charge is -2.12. The van der Waals surface area contributed by atoms with Crippen LogP contribution in [0.3, 0.4) is 0 Å². The first kappa shape index (κ1) is 10.7. The van der Waals surface area contributed by atoms with Crippen molar-refractivity contribution in [2.75, 3.05) is 13.1 Å². The third-order valence-corrected chi connectivity index (χ3v) is 2.73. The highest BCUT2D eigenvalue weighted by atomic mass is 16.4. The van der Waals surface area contributed by atoms with Crippen LogP contribution < -0.4 is 5.32 Å². The molecular weight excluding hydrogens is 194 g/mol. The lowest BCUT2D eigenvalue weighted by atomic mass is 10.2. The van der Waals surface area contributed by atoms with Gasteiger partial charge >= 0.3 is 0 Å². The van der Waals surface area contributed by atoms with E-state index in [0.29, 0.717) is 24.8 Å². The standard InChI is InChI=1S/C11H17NO3/c13-9(8-3-4-8)6-12-7-10(14)11-2-1-5-15-11/h1-2,5,8-10,12-14H,3-4,6-7H2. The second-order valence-electron chi connectivity index (χ2n) is 4.09. The van der Waals surface area contributed by atoms with E-state index >= 15 is 0 Å². The van der Waals surface area contributed by atoms with Crippen LogP contribution in [0.25, 0.3) is 0 Å². The van der Waals surface area contributed by atoms with Crippen LogP contribution in [0.4, 0.5) is 0 Å². The summed E-state index contributed by atoms with van der Waals surface area (Å²) < 4.78 is 5.06. The molecule has 4 nitrogen and oxygen atoms in total. The van der Waals surface area contributed by atoms with Crippen LogP contribution in [0.5, 0.6) is 0 Å². The van der Waals surface area contributed by atoms with Crippen molar-refractivity contribution in [3.05, 3.63) is 24.2 Å². The van der Waals surface area contributed by atoms with Gasteiger partial charge in [-0.05, 0) is 30.9 Å². The van der Waals surface area contributed by atoms with E-state index in [4.69, 9.17) is 4.42 Å². The third-order valence-electron chi connectivity index (χ3n) is 2.73. The molecule has 3 N–H and O–H groups in total. The molecule has 0 aromatic carbocycles. The number of aliphatic hydroxyl groups excluding tert-OH is 2. The average molecular weight is 211 g/mol. The maximum atomic E-state index is 9.64. The summed E-state index contributed by atoms with van der Waals surface area (Å²) in [5.41, 5.74) is 0. The Morgan fingerprint density at radius 2 is 2.20 bits per heavy atom. The molecule has 1 fully saturated rings. The van der Waals surface area contributed by atoms with E-state index in [9.17, 15) is 10.2 Å². The van der Waals surface area contributed by atoms with Crippen LogP contribution in [0.2, 0.25) is 0 Å². The minimum absolute atomic E-state index is 0.270. The molecule has 0 amide bonds. The van der Waals surface area contributed by atoms with E-state index in [1.807, 2.05) is 0 Å². The van der Waals surface area contributed by atoms with E-state index in [2.05, 4.69) is 5.32 Å². The number of furan rings is 1. The van der Waals surface area contributed by atoms with Crippen LogP contribution in [0.15, 0.2) is 22.8 Å². The van der Waals surface area contributed by atoms with Crippen molar-refractivity contribution in [3.63, 3.8) is 0 Å². The smallest absolute Gasteiger partial charge is 0.133 e. The van der Waals surface area contributed by atoms with Gasteiger partial charge in [-0.15, -0.1) is 0 Å². The number of hydrogen-bond acceptors (Lipinski definition) is 4. The van der Waals surface area contributed by atoms with Gasteiger partial charge in [0.1, 0.15) is 11.9 Å². The molecule has 2 rings (SSSR count). The molecule has 1 saturated carbocycles. The molecule has 0 radical (unpaired) electrons. The van der Waals surface area contributed by atoms with Gasteiger partial charge in [0.25, 0.3) is 0 Å². The molecule has 2 atom stereocenters. The molecule has 2 unspecified atom stereocenters. The molecule has 0 spiro atoms. The number of hydrogen-bond donors (Lipinski definition) is 3. The predicted octanol–water partition coefficient (Wildman–Crippen LogP) is 0.673. The van der Waals surface area contributed by atoms with Gasteiger partial charge in [-0.3, -0.25) is 0 Å². The predicted molar refractivity (Wildman–Crippen MR) is 55.3 cm³/mol.